The highest BCUT2D eigenvalue weighted by molar-refractivity contribution is 6.31. The molecule has 0 saturated carbocycles. The minimum Gasteiger partial charge on any atom is -0.480 e. The smallest absolute Gasteiger partial charge is 0.327 e. The molecule has 2 unspecified atom stereocenters. The van der Waals surface area contributed by atoms with E-state index in [9.17, 15) is 9.59 Å². The van der Waals surface area contributed by atoms with Crippen LogP contribution in [-0.2, 0) is 9.59 Å². The average molecular weight is 299 g/mol. The Morgan fingerprint density at radius 3 is 2.50 bits per heavy atom. The van der Waals surface area contributed by atoms with Crippen molar-refractivity contribution in [2.75, 3.05) is 13.6 Å². The van der Waals surface area contributed by atoms with Crippen LogP contribution >= 0.6 is 11.6 Å². The van der Waals surface area contributed by atoms with E-state index in [4.69, 9.17) is 16.7 Å². The Labute approximate surface area is 123 Å². The maximum atomic E-state index is 11.1. The fourth-order valence-corrected chi connectivity index (χ4v) is 2.22. The Balaban J connectivity index is 2.78. The standard InChI is InChI=1S/C14H19ClN2O3/c1-9(11-6-4-5-7-12(11)15)17(3)8-13(14(19)20)16-10(2)18/h4-7,9,13H,8H2,1-3H3,(H,16,18)(H,19,20). The molecule has 1 aromatic rings. The molecule has 1 rings (SSSR count). The maximum absolute atomic E-state index is 11.1. The lowest BCUT2D eigenvalue weighted by Crippen LogP contribution is -2.47. The Morgan fingerprint density at radius 2 is 2.00 bits per heavy atom. The van der Waals surface area contributed by atoms with Crippen LogP contribution in [0.5, 0.6) is 0 Å². The third-order valence-corrected chi connectivity index (χ3v) is 3.51. The SMILES string of the molecule is CC(=O)NC(CN(C)C(C)c1ccccc1Cl)C(=O)O. The van der Waals surface area contributed by atoms with Gasteiger partial charge < -0.3 is 10.4 Å². The molecule has 5 nitrogen and oxygen atoms in total. The van der Waals surface area contributed by atoms with E-state index in [-0.39, 0.29) is 18.5 Å². The monoisotopic (exact) mass is 298 g/mol. The number of carboxylic acid groups (broad SMARTS) is 1. The Morgan fingerprint density at radius 1 is 1.40 bits per heavy atom. The molecule has 2 N–H and O–H groups in total. The number of likely N-dealkylation sites (N-methyl/N-ethyl adjacent to an activating group) is 1. The van der Waals surface area contributed by atoms with Gasteiger partial charge in [0, 0.05) is 24.5 Å². The molecule has 0 spiro atoms. The first-order chi connectivity index (χ1) is 9.32. The number of hydrogen-bond donors (Lipinski definition) is 2. The summed E-state index contributed by atoms with van der Waals surface area (Å²) in [4.78, 5) is 24.0. The molecule has 2 atom stereocenters. The predicted octanol–water partition coefficient (Wildman–Crippen LogP) is 1.92. The number of hydrogen-bond acceptors (Lipinski definition) is 3. The average Bonchev–Trinajstić information content (AvgIpc) is 2.37. The van der Waals surface area contributed by atoms with Gasteiger partial charge in [0.15, 0.2) is 0 Å². The van der Waals surface area contributed by atoms with Crippen molar-refractivity contribution in [3.8, 4) is 0 Å². The van der Waals surface area contributed by atoms with E-state index in [0.717, 1.165) is 5.56 Å². The normalized spacial score (nSPS) is 13.8. The minimum absolute atomic E-state index is 0.0562. The molecule has 0 aromatic heterocycles. The number of amides is 1. The van der Waals surface area contributed by atoms with Crippen LogP contribution in [-0.4, -0.2) is 41.5 Å². The fourth-order valence-electron chi connectivity index (χ4n) is 1.93. The largest absolute Gasteiger partial charge is 0.480 e. The number of nitrogens with one attached hydrogen (secondary N) is 1. The summed E-state index contributed by atoms with van der Waals surface area (Å²) in [5.74, 6) is -1.42. The molecule has 0 heterocycles. The molecule has 110 valence electrons. The number of carbonyl (C=O) groups excluding carboxylic acids is 1. The molecule has 0 aliphatic heterocycles. The first kappa shape index (κ1) is 16.5. The predicted molar refractivity (Wildman–Crippen MR) is 77.7 cm³/mol. The Kier molecular flexibility index (Phi) is 5.98. The van der Waals surface area contributed by atoms with Gasteiger partial charge in [0.2, 0.25) is 5.91 Å². The highest BCUT2D eigenvalue weighted by atomic mass is 35.5. The van der Waals surface area contributed by atoms with E-state index in [1.54, 1.807) is 13.1 Å². The second-order valence-corrected chi connectivity index (χ2v) is 5.14. The van der Waals surface area contributed by atoms with E-state index >= 15 is 0 Å². The van der Waals surface area contributed by atoms with Crippen LogP contribution in [0, 0.1) is 0 Å². The van der Waals surface area contributed by atoms with Crippen molar-refractivity contribution in [1.29, 1.82) is 0 Å². The zero-order valence-corrected chi connectivity index (χ0v) is 12.5. The van der Waals surface area contributed by atoms with Crippen molar-refractivity contribution >= 4 is 23.5 Å². The number of halogens is 1. The molecular formula is C14H19ClN2O3. The van der Waals surface area contributed by atoms with E-state index in [1.165, 1.54) is 6.92 Å². The van der Waals surface area contributed by atoms with Crippen molar-refractivity contribution in [3.05, 3.63) is 34.9 Å². The lowest BCUT2D eigenvalue weighted by Gasteiger charge is -2.28. The number of carboxylic acids is 1. The Hall–Kier alpha value is -1.59. The number of benzene rings is 1. The summed E-state index contributed by atoms with van der Waals surface area (Å²) in [6.45, 7) is 3.43. The van der Waals surface area contributed by atoms with E-state index in [0.29, 0.717) is 5.02 Å². The van der Waals surface area contributed by atoms with Crippen LogP contribution in [0.2, 0.25) is 5.02 Å². The lowest BCUT2D eigenvalue weighted by molar-refractivity contribution is -0.142. The van der Waals surface area contributed by atoms with Crippen LogP contribution in [0.15, 0.2) is 24.3 Å². The van der Waals surface area contributed by atoms with Gasteiger partial charge in [0.25, 0.3) is 0 Å². The minimum atomic E-state index is -1.06. The summed E-state index contributed by atoms with van der Waals surface area (Å²) in [7, 11) is 1.80. The number of aliphatic carboxylic acids is 1. The summed E-state index contributed by atoms with van der Waals surface area (Å²) in [6.07, 6.45) is 0. The summed E-state index contributed by atoms with van der Waals surface area (Å²) >= 11 is 6.13. The summed E-state index contributed by atoms with van der Waals surface area (Å²) in [5, 5.41) is 12.2. The molecule has 20 heavy (non-hydrogen) atoms. The number of rotatable bonds is 6. The van der Waals surface area contributed by atoms with Crippen LogP contribution in [0.4, 0.5) is 0 Å². The van der Waals surface area contributed by atoms with Crippen molar-refractivity contribution in [1.82, 2.24) is 10.2 Å². The number of nitrogens with zero attached hydrogens (tertiary/aromatic N) is 1. The van der Waals surface area contributed by atoms with Gasteiger partial charge in [-0.25, -0.2) is 4.79 Å². The third kappa shape index (κ3) is 4.51. The molecule has 1 amide bonds. The molecule has 0 aliphatic rings. The molecule has 1 aromatic carbocycles. The van der Waals surface area contributed by atoms with Gasteiger partial charge in [-0.15, -0.1) is 0 Å². The highest BCUT2D eigenvalue weighted by Crippen LogP contribution is 2.26. The number of carbonyl (C=O) groups is 2. The zero-order chi connectivity index (χ0) is 15.3. The van der Waals surface area contributed by atoms with Gasteiger partial charge in [-0.1, -0.05) is 29.8 Å². The maximum Gasteiger partial charge on any atom is 0.327 e. The van der Waals surface area contributed by atoms with Gasteiger partial charge in [-0.2, -0.15) is 0 Å². The summed E-state index contributed by atoms with van der Waals surface area (Å²) in [6, 6.07) is 6.42. The van der Waals surface area contributed by atoms with E-state index in [2.05, 4.69) is 5.32 Å². The van der Waals surface area contributed by atoms with Crippen molar-refractivity contribution in [2.45, 2.75) is 25.9 Å². The first-order valence-electron chi connectivity index (χ1n) is 6.27. The second-order valence-electron chi connectivity index (χ2n) is 4.73. The van der Waals surface area contributed by atoms with Crippen molar-refractivity contribution in [2.24, 2.45) is 0 Å². The van der Waals surface area contributed by atoms with Gasteiger partial charge in [0.1, 0.15) is 6.04 Å². The van der Waals surface area contributed by atoms with Crippen LogP contribution in [0.25, 0.3) is 0 Å². The quantitative estimate of drug-likeness (QED) is 0.842. The molecule has 6 heteroatoms. The van der Waals surface area contributed by atoms with E-state index in [1.807, 2.05) is 30.0 Å². The van der Waals surface area contributed by atoms with Gasteiger partial charge in [-0.3, -0.25) is 9.69 Å². The first-order valence-corrected chi connectivity index (χ1v) is 6.65. The summed E-state index contributed by atoms with van der Waals surface area (Å²) < 4.78 is 0. The highest BCUT2D eigenvalue weighted by Gasteiger charge is 2.23. The topological polar surface area (TPSA) is 69.6 Å². The lowest BCUT2D eigenvalue weighted by atomic mass is 10.1. The Bertz CT molecular complexity index is 493. The second kappa shape index (κ2) is 7.26. The summed E-state index contributed by atoms with van der Waals surface area (Å²) in [5.41, 5.74) is 0.920. The van der Waals surface area contributed by atoms with Gasteiger partial charge in [0.05, 0.1) is 0 Å². The molecule has 0 fully saturated rings. The van der Waals surface area contributed by atoms with Crippen LogP contribution in [0.1, 0.15) is 25.5 Å². The van der Waals surface area contributed by atoms with E-state index < -0.39 is 12.0 Å². The molecule has 0 bridgehead atoms. The molecule has 0 radical (unpaired) electrons. The van der Waals surface area contributed by atoms with Crippen LogP contribution < -0.4 is 5.32 Å². The third-order valence-electron chi connectivity index (χ3n) is 3.16. The van der Waals surface area contributed by atoms with Crippen LogP contribution in [0.3, 0.4) is 0 Å². The van der Waals surface area contributed by atoms with Gasteiger partial charge in [-0.05, 0) is 25.6 Å². The molecule has 0 saturated heterocycles. The van der Waals surface area contributed by atoms with Gasteiger partial charge >= 0.3 is 5.97 Å². The molecule has 0 aliphatic carbocycles. The molecular weight excluding hydrogens is 280 g/mol. The van der Waals surface area contributed by atoms with Crippen molar-refractivity contribution in [3.63, 3.8) is 0 Å². The zero-order valence-electron chi connectivity index (χ0n) is 11.8. The fraction of sp³-hybridized carbons (Fsp3) is 0.429. The van der Waals surface area contributed by atoms with Crippen molar-refractivity contribution < 1.29 is 14.7 Å².